The largest absolute Gasteiger partial charge is 0.290 e. The predicted octanol–water partition coefficient (Wildman–Crippen LogP) is 4.98. The number of thioether (sulfide) groups is 1. The van der Waals surface area contributed by atoms with Crippen LogP contribution in [0.15, 0.2) is 47.4 Å². The van der Waals surface area contributed by atoms with Crippen LogP contribution >= 0.6 is 35.0 Å². The smallest absolute Gasteiger partial charge is 0.282 e. The number of rotatable bonds is 2. The number of nitrogens with one attached hydrogen (secondary N) is 1. The second kappa shape index (κ2) is 6.16. The maximum absolute atomic E-state index is 11.7. The van der Waals surface area contributed by atoms with E-state index in [1.807, 2.05) is 30.3 Å². The van der Waals surface area contributed by atoms with Crippen LogP contribution in [0, 0.1) is 0 Å². The molecule has 3 rings (SSSR count). The number of halogens is 2. The summed E-state index contributed by atoms with van der Waals surface area (Å²) in [5, 5.41) is 2.83. The topological polar surface area (TPSA) is 46.2 Å². The van der Waals surface area contributed by atoms with Gasteiger partial charge in [-0.3, -0.25) is 14.9 Å². The van der Waals surface area contributed by atoms with Gasteiger partial charge in [0.1, 0.15) is 0 Å². The zero-order valence-electron chi connectivity index (χ0n) is 11.1. The van der Waals surface area contributed by atoms with E-state index in [0.29, 0.717) is 15.0 Å². The molecule has 2 aromatic carbocycles. The number of hydrogen-bond acceptors (Lipinski definition) is 3. The molecule has 0 atom stereocenters. The first-order valence-electron chi connectivity index (χ1n) is 6.34. The van der Waals surface area contributed by atoms with Gasteiger partial charge in [-0.25, -0.2) is 0 Å². The van der Waals surface area contributed by atoms with Crippen LogP contribution in [0.3, 0.4) is 0 Å². The SMILES string of the molecule is O=C1NC(=O)/C(=C\c2ccccc2-c2ccc(Cl)c(Cl)c2)S1. The van der Waals surface area contributed by atoms with Gasteiger partial charge in [0.15, 0.2) is 0 Å². The Morgan fingerprint density at radius 1 is 1.00 bits per heavy atom. The molecule has 2 aromatic rings. The molecule has 0 aromatic heterocycles. The Kier molecular flexibility index (Phi) is 4.25. The summed E-state index contributed by atoms with van der Waals surface area (Å²) in [6.45, 7) is 0. The molecule has 0 unspecified atom stereocenters. The Hall–Kier alpha value is -1.75. The van der Waals surface area contributed by atoms with Gasteiger partial charge in [0, 0.05) is 0 Å². The molecule has 1 N–H and O–H groups in total. The van der Waals surface area contributed by atoms with Crippen LogP contribution in [0.25, 0.3) is 17.2 Å². The van der Waals surface area contributed by atoms with Gasteiger partial charge in [0.05, 0.1) is 15.0 Å². The van der Waals surface area contributed by atoms with Crippen LogP contribution in [0.5, 0.6) is 0 Å². The first kappa shape index (κ1) is 15.2. The summed E-state index contributed by atoms with van der Waals surface area (Å²) in [7, 11) is 0. The lowest BCUT2D eigenvalue weighted by Crippen LogP contribution is -2.17. The van der Waals surface area contributed by atoms with Gasteiger partial charge in [-0.2, -0.15) is 0 Å². The van der Waals surface area contributed by atoms with Crippen LogP contribution in [0.2, 0.25) is 10.0 Å². The fraction of sp³-hybridized carbons (Fsp3) is 0. The quantitative estimate of drug-likeness (QED) is 0.777. The molecule has 1 aliphatic heterocycles. The molecule has 0 radical (unpaired) electrons. The monoisotopic (exact) mass is 349 g/mol. The van der Waals surface area contributed by atoms with E-state index in [2.05, 4.69) is 5.32 Å². The average molecular weight is 350 g/mol. The van der Waals surface area contributed by atoms with Gasteiger partial charge in [-0.05, 0) is 46.7 Å². The standard InChI is InChI=1S/C16H9Cl2NO2S/c17-12-6-5-10(7-13(12)18)11-4-2-1-3-9(11)8-14-15(20)19-16(21)22-14/h1-8H,(H,19,20,21)/b14-8+. The minimum absolute atomic E-state index is 0.358. The van der Waals surface area contributed by atoms with E-state index in [4.69, 9.17) is 23.2 Å². The lowest BCUT2D eigenvalue weighted by Gasteiger charge is -2.08. The van der Waals surface area contributed by atoms with Crippen molar-refractivity contribution >= 4 is 52.2 Å². The first-order valence-corrected chi connectivity index (χ1v) is 7.91. The van der Waals surface area contributed by atoms with Crippen molar-refractivity contribution in [1.29, 1.82) is 0 Å². The van der Waals surface area contributed by atoms with Gasteiger partial charge < -0.3 is 0 Å². The van der Waals surface area contributed by atoms with Crippen molar-refractivity contribution in [2.24, 2.45) is 0 Å². The lowest BCUT2D eigenvalue weighted by atomic mass is 9.99. The zero-order valence-corrected chi connectivity index (χ0v) is 13.4. The second-order valence-corrected chi connectivity index (χ2v) is 6.40. The second-order valence-electron chi connectivity index (χ2n) is 4.57. The minimum atomic E-state index is -0.376. The Morgan fingerprint density at radius 3 is 2.45 bits per heavy atom. The van der Waals surface area contributed by atoms with Crippen LogP contribution in [-0.4, -0.2) is 11.1 Å². The highest BCUT2D eigenvalue weighted by molar-refractivity contribution is 8.18. The summed E-state index contributed by atoms with van der Waals surface area (Å²) in [4.78, 5) is 23.3. The molecular formula is C16H9Cl2NO2S. The van der Waals surface area contributed by atoms with E-state index in [0.717, 1.165) is 28.5 Å². The van der Waals surface area contributed by atoms with E-state index in [1.54, 1.807) is 18.2 Å². The first-order chi connectivity index (χ1) is 10.5. The van der Waals surface area contributed by atoms with Gasteiger partial charge >= 0.3 is 0 Å². The highest BCUT2D eigenvalue weighted by Gasteiger charge is 2.25. The molecule has 1 fully saturated rings. The van der Waals surface area contributed by atoms with Crippen molar-refractivity contribution in [2.45, 2.75) is 0 Å². The van der Waals surface area contributed by atoms with Crippen molar-refractivity contribution < 1.29 is 9.59 Å². The number of carbonyl (C=O) groups is 2. The molecular weight excluding hydrogens is 341 g/mol. The third-order valence-corrected chi connectivity index (χ3v) is 4.67. The Morgan fingerprint density at radius 2 is 1.77 bits per heavy atom. The van der Waals surface area contributed by atoms with E-state index >= 15 is 0 Å². The number of benzene rings is 2. The Labute approximate surface area is 141 Å². The molecule has 0 saturated carbocycles. The highest BCUT2D eigenvalue weighted by atomic mass is 35.5. The fourth-order valence-corrected chi connectivity index (χ4v) is 3.08. The van der Waals surface area contributed by atoms with Crippen LogP contribution in [0.4, 0.5) is 4.79 Å². The van der Waals surface area contributed by atoms with Crippen LogP contribution in [-0.2, 0) is 4.79 Å². The maximum Gasteiger partial charge on any atom is 0.290 e. The van der Waals surface area contributed by atoms with E-state index in [9.17, 15) is 9.59 Å². The lowest BCUT2D eigenvalue weighted by molar-refractivity contribution is -0.115. The van der Waals surface area contributed by atoms with Crippen molar-refractivity contribution in [3.8, 4) is 11.1 Å². The number of carbonyl (C=O) groups excluding carboxylic acids is 2. The summed E-state index contributed by atoms with van der Waals surface area (Å²) in [5.41, 5.74) is 2.62. The molecule has 0 spiro atoms. The van der Waals surface area contributed by atoms with Crippen molar-refractivity contribution in [3.05, 3.63) is 63.0 Å². The van der Waals surface area contributed by atoms with E-state index < -0.39 is 0 Å². The van der Waals surface area contributed by atoms with E-state index in [1.165, 1.54) is 0 Å². The molecule has 3 nitrogen and oxygen atoms in total. The molecule has 22 heavy (non-hydrogen) atoms. The average Bonchev–Trinajstić information content (AvgIpc) is 2.80. The van der Waals surface area contributed by atoms with Gasteiger partial charge in [-0.1, -0.05) is 53.5 Å². The summed E-state index contributed by atoms with van der Waals surface area (Å²) in [5.74, 6) is -0.376. The fourth-order valence-electron chi connectivity index (χ4n) is 2.11. The molecule has 2 amide bonds. The molecule has 6 heteroatoms. The third-order valence-electron chi connectivity index (χ3n) is 3.12. The van der Waals surface area contributed by atoms with Crippen molar-refractivity contribution in [3.63, 3.8) is 0 Å². The molecule has 110 valence electrons. The van der Waals surface area contributed by atoms with E-state index in [-0.39, 0.29) is 11.1 Å². The minimum Gasteiger partial charge on any atom is -0.282 e. The van der Waals surface area contributed by atoms with Crippen LogP contribution in [0.1, 0.15) is 5.56 Å². The molecule has 1 heterocycles. The summed E-state index contributed by atoms with van der Waals surface area (Å²) < 4.78 is 0. The highest BCUT2D eigenvalue weighted by Crippen LogP contribution is 2.33. The summed E-state index contributed by atoms with van der Waals surface area (Å²) in [6.07, 6.45) is 1.70. The zero-order chi connectivity index (χ0) is 15.7. The Bertz CT molecular complexity index is 818. The summed E-state index contributed by atoms with van der Waals surface area (Å²) >= 11 is 12.9. The number of imide groups is 1. The molecule has 0 aliphatic carbocycles. The molecule has 0 bridgehead atoms. The summed E-state index contributed by atoms with van der Waals surface area (Å²) in [6, 6.07) is 12.9. The molecule has 1 aliphatic rings. The third kappa shape index (κ3) is 3.04. The van der Waals surface area contributed by atoms with Crippen molar-refractivity contribution in [1.82, 2.24) is 5.32 Å². The maximum atomic E-state index is 11.7. The normalized spacial score (nSPS) is 16.2. The van der Waals surface area contributed by atoms with Crippen molar-refractivity contribution in [2.75, 3.05) is 0 Å². The van der Waals surface area contributed by atoms with Gasteiger partial charge in [-0.15, -0.1) is 0 Å². The number of hydrogen-bond donors (Lipinski definition) is 1. The predicted molar refractivity (Wildman–Crippen MR) is 91.0 cm³/mol. The molecule has 1 saturated heterocycles. The van der Waals surface area contributed by atoms with Gasteiger partial charge in [0.2, 0.25) is 0 Å². The Balaban J connectivity index is 2.07. The van der Waals surface area contributed by atoms with Gasteiger partial charge in [0.25, 0.3) is 11.1 Å². The van der Waals surface area contributed by atoms with Crippen LogP contribution < -0.4 is 5.32 Å². The number of amides is 2.